The van der Waals surface area contributed by atoms with E-state index in [4.69, 9.17) is 4.74 Å². The fourth-order valence-electron chi connectivity index (χ4n) is 5.48. The van der Waals surface area contributed by atoms with Gasteiger partial charge in [-0.1, -0.05) is 18.2 Å². The molecule has 5 nitrogen and oxygen atoms in total. The SMILES string of the molecule is CN1CC[C@]23C4=C5O[C@H]2[C@@H](O)C=C[C@H]3[C@H]1CC4=CCC5(O)O. The second-order valence-corrected chi connectivity index (χ2v) is 7.44. The standard InChI is InChI=1S/C17H21NO4/c1-18-7-6-16-10-2-3-12(19)14(16)22-15-13(16)9(8-11(10)18)4-5-17(15,20)21/h2-4,10-12,14,19-21H,5-8H2,1H3/t10-,11+,12-,14-,16-/m0/s1. The number of nitrogens with zero attached hydrogens (tertiary/aromatic N) is 1. The molecular weight excluding hydrogens is 282 g/mol. The fraction of sp³-hybridized carbons (Fsp3) is 0.647. The van der Waals surface area contributed by atoms with Crippen LogP contribution in [0.15, 0.2) is 35.1 Å². The normalized spacial score (nSPS) is 47.9. The van der Waals surface area contributed by atoms with Gasteiger partial charge < -0.3 is 25.0 Å². The molecule has 0 amide bonds. The van der Waals surface area contributed by atoms with Gasteiger partial charge in [0.1, 0.15) is 12.2 Å². The number of hydrogen-bond acceptors (Lipinski definition) is 5. The number of aliphatic hydroxyl groups is 3. The summed E-state index contributed by atoms with van der Waals surface area (Å²) < 4.78 is 6.01. The molecule has 0 radical (unpaired) electrons. The first-order valence-electron chi connectivity index (χ1n) is 8.08. The third-order valence-corrected chi connectivity index (χ3v) is 6.47. The third-order valence-electron chi connectivity index (χ3n) is 6.47. The van der Waals surface area contributed by atoms with E-state index in [9.17, 15) is 15.3 Å². The van der Waals surface area contributed by atoms with Crippen LogP contribution in [0.4, 0.5) is 0 Å². The molecule has 0 unspecified atom stereocenters. The number of likely N-dealkylation sites (tertiary alicyclic amines) is 1. The molecule has 0 aromatic rings. The largest absolute Gasteiger partial charge is 0.485 e. The van der Waals surface area contributed by atoms with E-state index in [1.165, 1.54) is 5.57 Å². The molecule has 3 N–H and O–H groups in total. The number of hydrogen-bond donors (Lipinski definition) is 3. The van der Waals surface area contributed by atoms with E-state index in [0.717, 1.165) is 25.0 Å². The lowest BCUT2D eigenvalue weighted by atomic mass is 9.51. The van der Waals surface area contributed by atoms with Gasteiger partial charge in [-0.25, -0.2) is 0 Å². The van der Waals surface area contributed by atoms with Gasteiger partial charge in [0, 0.05) is 29.4 Å². The molecule has 1 spiro atoms. The van der Waals surface area contributed by atoms with Crippen molar-refractivity contribution in [3.8, 4) is 0 Å². The molecule has 5 heteroatoms. The van der Waals surface area contributed by atoms with E-state index >= 15 is 0 Å². The molecule has 118 valence electrons. The van der Waals surface area contributed by atoms with Crippen LogP contribution in [0.1, 0.15) is 19.3 Å². The van der Waals surface area contributed by atoms with Crippen molar-refractivity contribution in [2.45, 2.75) is 43.3 Å². The van der Waals surface area contributed by atoms with Gasteiger partial charge in [0.25, 0.3) is 0 Å². The minimum absolute atomic E-state index is 0.161. The van der Waals surface area contributed by atoms with Crippen molar-refractivity contribution in [2.75, 3.05) is 13.6 Å². The van der Waals surface area contributed by atoms with Gasteiger partial charge in [0.05, 0.1) is 0 Å². The van der Waals surface area contributed by atoms with Crippen molar-refractivity contribution in [2.24, 2.45) is 11.3 Å². The maximum absolute atomic E-state index is 10.5. The Morgan fingerprint density at radius 3 is 2.95 bits per heavy atom. The molecule has 5 aliphatic rings. The first-order chi connectivity index (χ1) is 10.4. The maximum atomic E-state index is 10.5. The summed E-state index contributed by atoms with van der Waals surface area (Å²) >= 11 is 0. The minimum Gasteiger partial charge on any atom is -0.485 e. The van der Waals surface area contributed by atoms with Crippen molar-refractivity contribution in [1.82, 2.24) is 4.90 Å². The Morgan fingerprint density at radius 1 is 1.32 bits per heavy atom. The average molecular weight is 303 g/mol. The molecule has 2 aliphatic heterocycles. The predicted molar refractivity (Wildman–Crippen MR) is 78.5 cm³/mol. The first-order valence-corrected chi connectivity index (χ1v) is 8.08. The summed E-state index contributed by atoms with van der Waals surface area (Å²) in [4.78, 5) is 2.39. The summed E-state index contributed by atoms with van der Waals surface area (Å²) in [5.74, 6) is -1.38. The van der Waals surface area contributed by atoms with Crippen LogP contribution in [-0.2, 0) is 4.74 Å². The van der Waals surface area contributed by atoms with Crippen LogP contribution < -0.4 is 0 Å². The second kappa shape index (κ2) is 3.85. The first kappa shape index (κ1) is 13.3. The Kier molecular flexibility index (Phi) is 2.33. The van der Waals surface area contributed by atoms with Crippen molar-refractivity contribution >= 4 is 0 Å². The van der Waals surface area contributed by atoms with Crippen LogP contribution in [0.5, 0.6) is 0 Å². The molecule has 2 fully saturated rings. The molecule has 1 saturated carbocycles. The van der Waals surface area contributed by atoms with Crippen LogP contribution in [-0.4, -0.2) is 57.8 Å². The molecule has 2 bridgehead atoms. The second-order valence-electron chi connectivity index (χ2n) is 7.44. The Hall–Kier alpha value is -1.14. The van der Waals surface area contributed by atoms with E-state index < -0.39 is 18.0 Å². The zero-order valence-electron chi connectivity index (χ0n) is 12.6. The monoisotopic (exact) mass is 303 g/mol. The Balaban J connectivity index is 1.78. The van der Waals surface area contributed by atoms with E-state index in [0.29, 0.717) is 11.8 Å². The summed E-state index contributed by atoms with van der Waals surface area (Å²) in [6.07, 6.45) is 6.77. The highest BCUT2D eigenvalue weighted by Crippen LogP contribution is 2.65. The zero-order valence-corrected chi connectivity index (χ0v) is 12.6. The van der Waals surface area contributed by atoms with Crippen LogP contribution in [0.2, 0.25) is 0 Å². The summed E-state index contributed by atoms with van der Waals surface area (Å²) in [6.45, 7) is 0.940. The summed E-state index contributed by atoms with van der Waals surface area (Å²) in [5, 5.41) is 31.2. The van der Waals surface area contributed by atoms with Gasteiger partial charge in [-0.2, -0.15) is 0 Å². The summed E-state index contributed by atoms with van der Waals surface area (Å²) in [7, 11) is 2.16. The average Bonchev–Trinajstić information content (AvgIpc) is 2.83. The zero-order chi connectivity index (χ0) is 15.3. The topological polar surface area (TPSA) is 73.2 Å². The molecule has 0 aromatic carbocycles. The van der Waals surface area contributed by atoms with E-state index in [-0.39, 0.29) is 17.8 Å². The molecule has 0 aromatic heterocycles. The van der Waals surface area contributed by atoms with Gasteiger partial charge in [0.15, 0.2) is 5.76 Å². The Morgan fingerprint density at radius 2 is 2.14 bits per heavy atom. The Bertz CT molecular complexity index is 649. The van der Waals surface area contributed by atoms with E-state index in [2.05, 4.69) is 18.0 Å². The highest BCUT2D eigenvalue weighted by Gasteiger charge is 2.67. The van der Waals surface area contributed by atoms with Gasteiger partial charge in [-0.3, -0.25) is 0 Å². The van der Waals surface area contributed by atoms with Crippen molar-refractivity contribution in [1.29, 1.82) is 0 Å². The van der Waals surface area contributed by atoms with Gasteiger partial charge >= 0.3 is 0 Å². The molecule has 3 aliphatic carbocycles. The van der Waals surface area contributed by atoms with Gasteiger partial charge in [-0.15, -0.1) is 0 Å². The highest BCUT2D eigenvalue weighted by atomic mass is 16.6. The predicted octanol–water partition coefficient (Wildman–Crippen LogP) is 0.291. The lowest BCUT2D eigenvalue weighted by Crippen LogP contribution is -2.62. The minimum atomic E-state index is -1.94. The fourth-order valence-corrected chi connectivity index (χ4v) is 5.48. The summed E-state index contributed by atoms with van der Waals surface area (Å²) in [6, 6.07) is 0.392. The highest BCUT2D eigenvalue weighted by molar-refractivity contribution is 5.54. The number of piperidine rings is 1. The van der Waals surface area contributed by atoms with Gasteiger partial charge in [-0.05, 0) is 32.0 Å². The molecule has 5 atom stereocenters. The molecule has 5 rings (SSSR count). The number of aliphatic hydroxyl groups excluding tert-OH is 1. The molecular formula is C17H21NO4. The van der Waals surface area contributed by atoms with Crippen molar-refractivity contribution in [3.05, 3.63) is 35.1 Å². The van der Waals surface area contributed by atoms with Crippen LogP contribution in [0.25, 0.3) is 0 Å². The Labute approximate surface area is 129 Å². The molecule has 22 heavy (non-hydrogen) atoms. The van der Waals surface area contributed by atoms with Crippen molar-refractivity contribution in [3.63, 3.8) is 0 Å². The van der Waals surface area contributed by atoms with Crippen LogP contribution in [0, 0.1) is 11.3 Å². The quantitative estimate of drug-likeness (QED) is 0.443. The number of ether oxygens (including phenoxy) is 1. The summed E-state index contributed by atoms with van der Waals surface area (Å²) in [5.41, 5.74) is 1.86. The van der Waals surface area contributed by atoms with Crippen molar-refractivity contribution < 1.29 is 20.1 Å². The number of rotatable bonds is 0. The van der Waals surface area contributed by atoms with Crippen LogP contribution in [0.3, 0.4) is 0 Å². The van der Waals surface area contributed by atoms with Gasteiger partial charge in [0.2, 0.25) is 5.79 Å². The smallest absolute Gasteiger partial charge is 0.226 e. The van der Waals surface area contributed by atoms with Crippen LogP contribution >= 0.6 is 0 Å². The lowest BCUT2D eigenvalue weighted by molar-refractivity contribution is -0.171. The van der Waals surface area contributed by atoms with E-state index in [1.54, 1.807) is 0 Å². The van der Waals surface area contributed by atoms with E-state index in [1.807, 2.05) is 12.2 Å². The lowest BCUT2D eigenvalue weighted by Gasteiger charge is -2.58. The maximum Gasteiger partial charge on any atom is 0.226 e. The third kappa shape index (κ3) is 1.31. The molecule has 1 saturated heterocycles. The molecule has 2 heterocycles.